The quantitative estimate of drug-likeness (QED) is 0.755. The first-order valence-electron chi connectivity index (χ1n) is 7.77. The van der Waals surface area contributed by atoms with Crippen molar-refractivity contribution >= 4 is 5.69 Å². The fourth-order valence-corrected chi connectivity index (χ4v) is 2.64. The van der Waals surface area contributed by atoms with Crippen molar-refractivity contribution in [2.24, 2.45) is 0 Å². The zero-order valence-corrected chi connectivity index (χ0v) is 13.8. The number of nitrogens with one attached hydrogen (secondary N) is 1. The van der Waals surface area contributed by atoms with Crippen LogP contribution < -0.4 is 15.6 Å². The zero-order valence-electron chi connectivity index (χ0n) is 13.8. The van der Waals surface area contributed by atoms with E-state index in [0.717, 1.165) is 28.5 Å². The molecule has 5 nitrogen and oxygen atoms in total. The average Bonchev–Trinajstić information content (AvgIpc) is 3.10. The van der Waals surface area contributed by atoms with Crippen LogP contribution >= 0.6 is 0 Å². The van der Waals surface area contributed by atoms with Crippen molar-refractivity contribution in [1.82, 2.24) is 4.57 Å². The Bertz CT molecular complexity index is 867. The minimum absolute atomic E-state index is 0.0529. The van der Waals surface area contributed by atoms with E-state index >= 15 is 0 Å². The third-order valence-corrected chi connectivity index (χ3v) is 3.90. The summed E-state index contributed by atoms with van der Waals surface area (Å²) >= 11 is 0. The minimum Gasteiger partial charge on any atom is -0.496 e. The van der Waals surface area contributed by atoms with E-state index in [1.165, 1.54) is 0 Å². The third kappa shape index (κ3) is 3.51. The number of aryl methyl sites for hydroxylation is 1. The van der Waals surface area contributed by atoms with Crippen molar-refractivity contribution in [2.75, 3.05) is 12.4 Å². The van der Waals surface area contributed by atoms with Crippen molar-refractivity contribution in [1.29, 1.82) is 0 Å². The molecule has 2 aromatic heterocycles. The molecule has 0 saturated heterocycles. The van der Waals surface area contributed by atoms with Crippen LogP contribution in [-0.2, 0) is 13.1 Å². The van der Waals surface area contributed by atoms with Crippen LogP contribution in [0.3, 0.4) is 0 Å². The molecule has 0 bridgehead atoms. The molecule has 0 spiro atoms. The third-order valence-electron chi connectivity index (χ3n) is 3.90. The molecule has 0 unspecified atom stereocenters. The first-order chi connectivity index (χ1) is 11.7. The molecule has 0 saturated carbocycles. The summed E-state index contributed by atoms with van der Waals surface area (Å²) in [7, 11) is 1.64. The van der Waals surface area contributed by atoms with Crippen LogP contribution in [0.1, 0.15) is 17.0 Å². The summed E-state index contributed by atoms with van der Waals surface area (Å²) in [6.07, 6.45) is 1.63. The molecule has 0 fully saturated rings. The predicted molar refractivity (Wildman–Crippen MR) is 93.6 cm³/mol. The molecule has 2 heterocycles. The average molecular weight is 324 g/mol. The standard InChI is InChI=1S/C19H20N2O3/c1-14-10-16(20-12-17-7-5-9-24-17)11-19(22)21(14)13-15-6-3-4-8-18(15)23-2/h3-11,20H,12-13H2,1-2H3. The van der Waals surface area contributed by atoms with E-state index in [9.17, 15) is 4.79 Å². The fourth-order valence-electron chi connectivity index (χ4n) is 2.64. The molecule has 0 amide bonds. The van der Waals surface area contributed by atoms with Crippen LogP contribution in [0.25, 0.3) is 0 Å². The van der Waals surface area contributed by atoms with Gasteiger partial charge in [-0.05, 0) is 31.2 Å². The summed E-state index contributed by atoms with van der Waals surface area (Å²) in [6, 6.07) is 15.0. The molecular formula is C19H20N2O3. The SMILES string of the molecule is COc1ccccc1Cn1c(C)cc(NCc2ccco2)cc1=O. The van der Waals surface area contributed by atoms with Crippen LogP contribution in [0.5, 0.6) is 5.75 Å². The number of pyridine rings is 1. The maximum absolute atomic E-state index is 12.5. The summed E-state index contributed by atoms with van der Waals surface area (Å²) in [5.41, 5.74) is 2.59. The lowest BCUT2D eigenvalue weighted by atomic mass is 10.2. The van der Waals surface area contributed by atoms with Crippen molar-refractivity contribution in [3.05, 3.63) is 82.2 Å². The number of hydrogen-bond acceptors (Lipinski definition) is 4. The van der Waals surface area contributed by atoms with Gasteiger partial charge in [-0.15, -0.1) is 0 Å². The lowest BCUT2D eigenvalue weighted by Gasteiger charge is -2.14. The predicted octanol–water partition coefficient (Wildman–Crippen LogP) is 3.42. The van der Waals surface area contributed by atoms with E-state index < -0.39 is 0 Å². The number of benzene rings is 1. The first-order valence-corrected chi connectivity index (χ1v) is 7.77. The van der Waals surface area contributed by atoms with E-state index in [-0.39, 0.29) is 5.56 Å². The smallest absolute Gasteiger partial charge is 0.253 e. The van der Waals surface area contributed by atoms with Gasteiger partial charge in [-0.1, -0.05) is 18.2 Å². The second-order valence-electron chi connectivity index (χ2n) is 5.55. The molecule has 0 atom stereocenters. The van der Waals surface area contributed by atoms with Gasteiger partial charge in [-0.3, -0.25) is 4.79 Å². The second kappa shape index (κ2) is 7.08. The Balaban J connectivity index is 1.81. The molecule has 5 heteroatoms. The van der Waals surface area contributed by atoms with Crippen molar-refractivity contribution in [3.63, 3.8) is 0 Å². The highest BCUT2D eigenvalue weighted by Gasteiger charge is 2.08. The highest BCUT2D eigenvalue weighted by Crippen LogP contribution is 2.19. The molecule has 3 rings (SSSR count). The van der Waals surface area contributed by atoms with Gasteiger partial charge >= 0.3 is 0 Å². The van der Waals surface area contributed by atoms with Crippen molar-refractivity contribution < 1.29 is 9.15 Å². The first kappa shape index (κ1) is 15.9. The van der Waals surface area contributed by atoms with Gasteiger partial charge in [-0.2, -0.15) is 0 Å². The molecule has 1 aromatic carbocycles. The van der Waals surface area contributed by atoms with Crippen LogP contribution in [0.2, 0.25) is 0 Å². The Morgan fingerprint density at radius 1 is 1.17 bits per heavy atom. The van der Waals surface area contributed by atoms with Crippen molar-refractivity contribution in [3.8, 4) is 5.75 Å². The number of para-hydroxylation sites is 1. The largest absolute Gasteiger partial charge is 0.496 e. The number of anilines is 1. The number of methoxy groups -OCH3 is 1. The maximum Gasteiger partial charge on any atom is 0.253 e. The van der Waals surface area contributed by atoms with E-state index in [1.54, 1.807) is 24.0 Å². The topological polar surface area (TPSA) is 56.4 Å². The Morgan fingerprint density at radius 3 is 2.71 bits per heavy atom. The Morgan fingerprint density at radius 2 is 2.00 bits per heavy atom. The second-order valence-corrected chi connectivity index (χ2v) is 5.55. The summed E-state index contributed by atoms with van der Waals surface area (Å²) < 4.78 is 12.4. The van der Waals surface area contributed by atoms with Gasteiger partial charge in [-0.25, -0.2) is 0 Å². The monoisotopic (exact) mass is 324 g/mol. The lowest BCUT2D eigenvalue weighted by molar-refractivity contribution is 0.408. The van der Waals surface area contributed by atoms with Crippen LogP contribution in [0, 0.1) is 6.92 Å². The molecule has 0 aliphatic heterocycles. The van der Waals surface area contributed by atoms with Crippen LogP contribution in [-0.4, -0.2) is 11.7 Å². The number of ether oxygens (including phenoxy) is 1. The Hall–Kier alpha value is -2.95. The molecule has 0 radical (unpaired) electrons. The van der Waals surface area contributed by atoms with Gasteiger partial charge in [0.25, 0.3) is 5.56 Å². The number of nitrogens with zero attached hydrogens (tertiary/aromatic N) is 1. The van der Waals surface area contributed by atoms with Gasteiger partial charge in [0.05, 0.1) is 26.5 Å². The number of furan rings is 1. The summed E-state index contributed by atoms with van der Waals surface area (Å²) in [5.74, 6) is 1.61. The highest BCUT2D eigenvalue weighted by atomic mass is 16.5. The minimum atomic E-state index is -0.0529. The molecular weight excluding hydrogens is 304 g/mol. The van der Waals surface area contributed by atoms with Gasteiger partial charge in [0, 0.05) is 23.0 Å². The van der Waals surface area contributed by atoms with Crippen LogP contribution in [0.4, 0.5) is 5.69 Å². The van der Waals surface area contributed by atoms with Gasteiger partial charge in [0.2, 0.25) is 0 Å². The zero-order chi connectivity index (χ0) is 16.9. The van der Waals surface area contributed by atoms with Gasteiger partial charge in [0.1, 0.15) is 11.5 Å². The molecule has 1 N–H and O–H groups in total. The van der Waals surface area contributed by atoms with E-state index in [2.05, 4.69) is 5.32 Å². The number of aromatic nitrogens is 1. The molecule has 124 valence electrons. The van der Waals surface area contributed by atoms with Crippen LogP contribution in [0.15, 0.2) is 64.0 Å². The van der Waals surface area contributed by atoms with E-state index in [1.807, 2.05) is 49.4 Å². The van der Waals surface area contributed by atoms with Gasteiger partial charge in [0.15, 0.2) is 0 Å². The fraction of sp³-hybridized carbons (Fsp3) is 0.211. The normalized spacial score (nSPS) is 10.6. The Kier molecular flexibility index (Phi) is 4.70. The summed E-state index contributed by atoms with van der Waals surface area (Å²) in [5, 5.41) is 3.21. The van der Waals surface area contributed by atoms with E-state index in [0.29, 0.717) is 13.1 Å². The maximum atomic E-state index is 12.5. The molecule has 24 heavy (non-hydrogen) atoms. The molecule has 0 aliphatic carbocycles. The Labute approximate surface area is 140 Å². The van der Waals surface area contributed by atoms with E-state index in [4.69, 9.17) is 9.15 Å². The number of hydrogen-bond donors (Lipinski definition) is 1. The number of rotatable bonds is 6. The van der Waals surface area contributed by atoms with Gasteiger partial charge < -0.3 is 19.0 Å². The molecule has 0 aliphatic rings. The highest BCUT2D eigenvalue weighted by molar-refractivity contribution is 5.44. The summed E-state index contributed by atoms with van der Waals surface area (Å²) in [6.45, 7) is 2.95. The molecule has 3 aromatic rings. The van der Waals surface area contributed by atoms with Crippen molar-refractivity contribution in [2.45, 2.75) is 20.0 Å². The summed E-state index contributed by atoms with van der Waals surface area (Å²) in [4.78, 5) is 12.5. The lowest BCUT2D eigenvalue weighted by Crippen LogP contribution is -2.23.